The summed E-state index contributed by atoms with van der Waals surface area (Å²) in [6.07, 6.45) is -3.95. The van der Waals surface area contributed by atoms with Crippen LogP contribution < -0.4 is 15.6 Å². The van der Waals surface area contributed by atoms with Gasteiger partial charge < -0.3 is 19.4 Å². The van der Waals surface area contributed by atoms with Gasteiger partial charge in [-0.15, -0.1) is 0 Å². The first kappa shape index (κ1) is 22.8. The van der Waals surface area contributed by atoms with Crippen molar-refractivity contribution >= 4 is 5.91 Å². The van der Waals surface area contributed by atoms with Crippen molar-refractivity contribution in [1.29, 1.82) is 0 Å². The van der Waals surface area contributed by atoms with Crippen LogP contribution in [0.2, 0.25) is 0 Å². The molecule has 7 nitrogen and oxygen atoms in total. The highest BCUT2D eigenvalue weighted by molar-refractivity contribution is 5.75. The van der Waals surface area contributed by atoms with Gasteiger partial charge in [0.25, 0.3) is 5.56 Å². The maximum atomic E-state index is 12.8. The van der Waals surface area contributed by atoms with Gasteiger partial charge >= 0.3 is 6.18 Å². The van der Waals surface area contributed by atoms with E-state index in [-0.39, 0.29) is 6.54 Å². The molecule has 0 radical (unpaired) electrons. The second-order valence-electron chi connectivity index (χ2n) is 7.07. The fraction of sp³-hybridized carbons (Fsp3) is 0.429. The number of pyridine rings is 1. The van der Waals surface area contributed by atoms with Crippen LogP contribution in [0.15, 0.2) is 47.4 Å². The molecule has 0 saturated carbocycles. The SMILES string of the molecule is O=C(Cn1cc(C(F)(F)F)ccc1=O)NCc1ccccc1OCCN1CCOCC1. The zero-order valence-electron chi connectivity index (χ0n) is 16.9. The number of aromatic nitrogens is 1. The van der Waals surface area contributed by atoms with Crippen molar-refractivity contribution in [1.82, 2.24) is 14.8 Å². The Bertz CT molecular complexity index is 940. The molecule has 2 heterocycles. The van der Waals surface area contributed by atoms with E-state index in [1.54, 1.807) is 18.2 Å². The Labute approximate surface area is 177 Å². The first-order valence-corrected chi connectivity index (χ1v) is 9.88. The third kappa shape index (κ3) is 6.83. The van der Waals surface area contributed by atoms with E-state index in [1.807, 2.05) is 6.07 Å². The van der Waals surface area contributed by atoms with Crippen molar-refractivity contribution in [3.05, 3.63) is 64.1 Å². The van der Waals surface area contributed by atoms with Gasteiger partial charge in [0.15, 0.2) is 0 Å². The van der Waals surface area contributed by atoms with E-state index >= 15 is 0 Å². The molecule has 0 aliphatic carbocycles. The normalized spacial score (nSPS) is 14.9. The number of morpholine rings is 1. The number of alkyl halides is 3. The lowest BCUT2D eigenvalue weighted by Gasteiger charge is -2.26. The second-order valence-corrected chi connectivity index (χ2v) is 7.07. The Balaban J connectivity index is 1.54. The van der Waals surface area contributed by atoms with Gasteiger partial charge in [-0.25, -0.2) is 0 Å². The number of nitrogens with one attached hydrogen (secondary N) is 1. The maximum Gasteiger partial charge on any atom is 0.417 e. The number of hydrogen-bond acceptors (Lipinski definition) is 5. The number of halogens is 3. The van der Waals surface area contributed by atoms with Crippen LogP contribution in [0.3, 0.4) is 0 Å². The van der Waals surface area contributed by atoms with Crippen LogP contribution in [-0.2, 0) is 28.8 Å². The first-order chi connectivity index (χ1) is 14.8. The summed E-state index contributed by atoms with van der Waals surface area (Å²) < 4.78 is 50.4. The summed E-state index contributed by atoms with van der Waals surface area (Å²) in [4.78, 5) is 26.3. The monoisotopic (exact) mass is 439 g/mol. The fourth-order valence-electron chi connectivity index (χ4n) is 3.13. The van der Waals surface area contributed by atoms with Crippen molar-refractivity contribution in [2.75, 3.05) is 39.5 Å². The Hall–Kier alpha value is -2.85. The third-order valence-corrected chi connectivity index (χ3v) is 4.84. The number of carbonyl (C=O) groups is 1. The van der Waals surface area contributed by atoms with Gasteiger partial charge in [0.05, 0.1) is 18.8 Å². The summed E-state index contributed by atoms with van der Waals surface area (Å²) in [7, 11) is 0. The average molecular weight is 439 g/mol. The molecule has 0 bridgehead atoms. The Morgan fingerprint density at radius 1 is 1.13 bits per heavy atom. The summed E-state index contributed by atoms with van der Waals surface area (Å²) in [5, 5.41) is 2.63. The lowest BCUT2D eigenvalue weighted by Crippen LogP contribution is -2.38. The fourth-order valence-corrected chi connectivity index (χ4v) is 3.13. The molecule has 1 N–H and O–H groups in total. The number of benzene rings is 1. The number of para-hydroxylation sites is 1. The smallest absolute Gasteiger partial charge is 0.417 e. The molecule has 1 amide bonds. The number of ether oxygens (including phenoxy) is 2. The largest absolute Gasteiger partial charge is 0.492 e. The van der Waals surface area contributed by atoms with Gasteiger partial charge in [-0.05, 0) is 12.1 Å². The topological polar surface area (TPSA) is 72.8 Å². The van der Waals surface area contributed by atoms with E-state index < -0.39 is 29.8 Å². The predicted molar refractivity (Wildman–Crippen MR) is 107 cm³/mol. The summed E-state index contributed by atoms with van der Waals surface area (Å²) >= 11 is 0. The highest BCUT2D eigenvalue weighted by Gasteiger charge is 2.31. The first-order valence-electron chi connectivity index (χ1n) is 9.88. The van der Waals surface area contributed by atoms with Crippen LogP contribution in [0.25, 0.3) is 0 Å². The molecule has 0 spiro atoms. The lowest BCUT2D eigenvalue weighted by atomic mass is 10.2. The maximum absolute atomic E-state index is 12.8. The summed E-state index contributed by atoms with van der Waals surface area (Å²) in [6.45, 7) is 3.97. The Kier molecular flexibility index (Phi) is 7.69. The summed E-state index contributed by atoms with van der Waals surface area (Å²) in [5.74, 6) is 0.0387. The van der Waals surface area contributed by atoms with Gasteiger partial charge in [-0.2, -0.15) is 13.2 Å². The van der Waals surface area contributed by atoms with E-state index in [0.717, 1.165) is 35.8 Å². The highest BCUT2D eigenvalue weighted by Crippen LogP contribution is 2.28. The third-order valence-electron chi connectivity index (χ3n) is 4.84. The standard InChI is InChI=1S/C21H24F3N3O4/c22-21(23,24)17-5-6-20(29)27(14-17)15-19(28)25-13-16-3-1-2-4-18(16)31-12-9-26-7-10-30-11-8-26/h1-6,14H,7-13,15H2,(H,25,28). The van der Waals surface area contributed by atoms with E-state index in [9.17, 15) is 22.8 Å². The molecule has 0 atom stereocenters. The minimum absolute atomic E-state index is 0.125. The molecular weight excluding hydrogens is 415 g/mol. The molecule has 31 heavy (non-hydrogen) atoms. The van der Waals surface area contributed by atoms with Gasteiger partial charge in [0, 0.05) is 44.0 Å². The molecule has 1 aromatic carbocycles. The predicted octanol–water partition coefficient (Wildman–Crippen LogP) is 1.89. The van der Waals surface area contributed by atoms with Crippen molar-refractivity contribution in [3.63, 3.8) is 0 Å². The molecule has 0 unspecified atom stereocenters. The van der Waals surface area contributed by atoms with Crippen LogP contribution in [0.5, 0.6) is 5.75 Å². The Morgan fingerprint density at radius 3 is 2.61 bits per heavy atom. The van der Waals surface area contributed by atoms with Gasteiger partial charge in [0.1, 0.15) is 18.9 Å². The van der Waals surface area contributed by atoms with E-state index in [2.05, 4.69) is 10.2 Å². The minimum atomic E-state index is -4.59. The van der Waals surface area contributed by atoms with E-state index in [0.29, 0.717) is 37.8 Å². The average Bonchev–Trinajstić information content (AvgIpc) is 2.74. The number of hydrogen-bond donors (Lipinski definition) is 1. The molecule has 10 heteroatoms. The molecule has 3 rings (SSSR count). The molecular formula is C21H24F3N3O4. The number of amides is 1. The van der Waals surface area contributed by atoms with Crippen LogP contribution >= 0.6 is 0 Å². The molecule has 1 aromatic heterocycles. The lowest BCUT2D eigenvalue weighted by molar-refractivity contribution is -0.138. The minimum Gasteiger partial charge on any atom is -0.492 e. The van der Waals surface area contributed by atoms with Crippen molar-refractivity contribution in [2.45, 2.75) is 19.3 Å². The van der Waals surface area contributed by atoms with Crippen molar-refractivity contribution in [2.24, 2.45) is 0 Å². The molecule has 1 fully saturated rings. The van der Waals surface area contributed by atoms with Gasteiger partial charge in [0.2, 0.25) is 5.91 Å². The molecule has 168 valence electrons. The van der Waals surface area contributed by atoms with Gasteiger partial charge in [-0.1, -0.05) is 18.2 Å². The zero-order chi connectivity index (χ0) is 22.3. The van der Waals surface area contributed by atoms with Crippen LogP contribution in [0.1, 0.15) is 11.1 Å². The van der Waals surface area contributed by atoms with Crippen molar-refractivity contribution in [3.8, 4) is 5.75 Å². The zero-order valence-corrected chi connectivity index (χ0v) is 16.9. The van der Waals surface area contributed by atoms with Crippen LogP contribution in [0, 0.1) is 0 Å². The number of carbonyl (C=O) groups excluding carboxylic acids is 1. The van der Waals surface area contributed by atoms with E-state index in [4.69, 9.17) is 9.47 Å². The molecule has 1 aliphatic rings. The number of rotatable bonds is 8. The van der Waals surface area contributed by atoms with Crippen molar-refractivity contribution < 1.29 is 27.4 Å². The van der Waals surface area contributed by atoms with Crippen LogP contribution in [-0.4, -0.2) is 54.8 Å². The molecule has 1 aliphatic heterocycles. The highest BCUT2D eigenvalue weighted by atomic mass is 19.4. The van der Waals surface area contributed by atoms with E-state index in [1.165, 1.54) is 0 Å². The van der Waals surface area contributed by atoms with Crippen LogP contribution in [0.4, 0.5) is 13.2 Å². The number of nitrogens with zero attached hydrogens (tertiary/aromatic N) is 2. The summed E-state index contributed by atoms with van der Waals surface area (Å²) in [5.41, 5.74) is -0.942. The Morgan fingerprint density at radius 2 is 1.87 bits per heavy atom. The quantitative estimate of drug-likeness (QED) is 0.680. The second kappa shape index (κ2) is 10.5. The summed E-state index contributed by atoms with van der Waals surface area (Å²) in [6, 6.07) is 8.69. The van der Waals surface area contributed by atoms with Gasteiger partial charge in [-0.3, -0.25) is 14.5 Å². The molecule has 1 saturated heterocycles. The molecule has 2 aromatic rings.